The number of fused-ring (bicyclic) bond motifs is 1. The van der Waals surface area contributed by atoms with Gasteiger partial charge in [0.05, 0.1) is 5.56 Å². The minimum absolute atomic E-state index is 0.238. The predicted octanol–water partition coefficient (Wildman–Crippen LogP) is 2.36. The molecule has 0 aliphatic carbocycles. The van der Waals surface area contributed by atoms with E-state index in [1.165, 1.54) is 11.8 Å². The Bertz CT molecular complexity index is 849. The second-order valence-electron chi connectivity index (χ2n) is 6.51. The van der Waals surface area contributed by atoms with Gasteiger partial charge >= 0.3 is 11.9 Å². The van der Waals surface area contributed by atoms with Crippen LogP contribution in [0.3, 0.4) is 0 Å². The Balaban J connectivity index is 1.59. The molecule has 0 N–H and O–H groups in total. The van der Waals surface area contributed by atoms with E-state index in [1.807, 2.05) is 30.3 Å². The molecule has 1 aliphatic rings. The first kappa shape index (κ1) is 18.6. The van der Waals surface area contributed by atoms with Gasteiger partial charge in [-0.15, -0.1) is 0 Å². The molecule has 6 heteroatoms. The Morgan fingerprint density at radius 3 is 2.56 bits per heavy atom. The van der Waals surface area contributed by atoms with Gasteiger partial charge in [-0.05, 0) is 24.1 Å². The normalized spacial score (nSPS) is 16.7. The first-order valence-electron chi connectivity index (χ1n) is 8.74. The van der Waals surface area contributed by atoms with Crippen molar-refractivity contribution in [3.05, 3.63) is 71.3 Å². The van der Waals surface area contributed by atoms with Crippen molar-refractivity contribution in [3.8, 4) is 0 Å². The maximum absolute atomic E-state index is 12.5. The van der Waals surface area contributed by atoms with E-state index in [9.17, 15) is 14.4 Å². The van der Waals surface area contributed by atoms with Gasteiger partial charge in [-0.25, -0.2) is 9.59 Å². The van der Waals surface area contributed by atoms with Crippen LogP contribution in [0.1, 0.15) is 28.4 Å². The summed E-state index contributed by atoms with van der Waals surface area (Å²) >= 11 is 0. The smallest absolute Gasteiger partial charge is 0.348 e. The highest BCUT2D eigenvalue weighted by molar-refractivity contribution is 5.95. The second-order valence-corrected chi connectivity index (χ2v) is 6.51. The molecular weight excluding hydrogens is 346 g/mol. The van der Waals surface area contributed by atoms with E-state index < -0.39 is 24.1 Å². The largest absolute Gasteiger partial charge is 0.450 e. The minimum atomic E-state index is -1.04. The summed E-state index contributed by atoms with van der Waals surface area (Å²) < 4.78 is 10.4. The molecule has 0 saturated heterocycles. The molecule has 2 aromatic carbocycles. The fraction of sp³-hybridized carbons (Fsp3) is 0.286. The van der Waals surface area contributed by atoms with Crippen molar-refractivity contribution in [3.63, 3.8) is 0 Å². The lowest BCUT2D eigenvalue weighted by Crippen LogP contribution is -2.41. The number of ether oxygens (including phenoxy) is 2. The Labute approximate surface area is 157 Å². The zero-order valence-corrected chi connectivity index (χ0v) is 15.3. The van der Waals surface area contributed by atoms with E-state index in [-0.39, 0.29) is 12.3 Å². The predicted molar refractivity (Wildman–Crippen MR) is 97.8 cm³/mol. The lowest BCUT2D eigenvalue weighted by atomic mass is 9.99. The summed E-state index contributed by atoms with van der Waals surface area (Å²) in [5, 5.41) is 0. The van der Waals surface area contributed by atoms with Crippen molar-refractivity contribution in [1.82, 2.24) is 4.90 Å². The minimum Gasteiger partial charge on any atom is -0.450 e. The van der Waals surface area contributed by atoms with Crippen molar-refractivity contribution in [2.24, 2.45) is 0 Å². The Kier molecular flexibility index (Phi) is 5.54. The highest BCUT2D eigenvalue weighted by atomic mass is 16.6. The average molecular weight is 367 g/mol. The SMILES string of the molecule is C[C@H](OC(=O)[C@H]1Cc2ccccc2C(=O)O1)C(=O)N(C)Cc1ccccc1. The van der Waals surface area contributed by atoms with Crippen LogP contribution in [0, 0.1) is 0 Å². The number of likely N-dealkylation sites (N-methyl/N-ethyl adjacent to an activating group) is 1. The number of amides is 1. The maximum atomic E-state index is 12.5. The molecular formula is C21H21NO5. The molecule has 27 heavy (non-hydrogen) atoms. The molecule has 2 atom stereocenters. The van der Waals surface area contributed by atoms with Gasteiger partial charge in [-0.1, -0.05) is 48.5 Å². The molecule has 0 fully saturated rings. The van der Waals surface area contributed by atoms with Gasteiger partial charge in [0, 0.05) is 20.0 Å². The highest BCUT2D eigenvalue weighted by Gasteiger charge is 2.34. The first-order chi connectivity index (χ1) is 13.0. The van der Waals surface area contributed by atoms with Crippen LogP contribution < -0.4 is 0 Å². The van der Waals surface area contributed by atoms with Crippen molar-refractivity contribution < 1.29 is 23.9 Å². The van der Waals surface area contributed by atoms with Crippen LogP contribution >= 0.6 is 0 Å². The molecule has 0 spiro atoms. The lowest BCUT2D eigenvalue weighted by molar-refractivity contribution is -0.166. The number of carbonyl (C=O) groups excluding carboxylic acids is 3. The van der Waals surface area contributed by atoms with Crippen LogP contribution in [0.15, 0.2) is 54.6 Å². The van der Waals surface area contributed by atoms with E-state index in [0.29, 0.717) is 12.1 Å². The van der Waals surface area contributed by atoms with Gasteiger partial charge in [0.1, 0.15) is 0 Å². The molecule has 140 valence electrons. The molecule has 6 nitrogen and oxygen atoms in total. The number of hydrogen-bond acceptors (Lipinski definition) is 5. The van der Waals surface area contributed by atoms with Crippen molar-refractivity contribution in [2.75, 3.05) is 7.05 Å². The first-order valence-corrected chi connectivity index (χ1v) is 8.74. The zero-order valence-electron chi connectivity index (χ0n) is 15.3. The Hall–Kier alpha value is -3.15. The third kappa shape index (κ3) is 4.34. The van der Waals surface area contributed by atoms with Gasteiger partial charge in [0.15, 0.2) is 6.10 Å². The number of nitrogens with zero attached hydrogens (tertiary/aromatic N) is 1. The number of rotatable bonds is 5. The molecule has 0 bridgehead atoms. The molecule has 1 amide bonds. The fourth-order valence-corrected chi connectivity index (χ4v) is 3.01. The van der Waals surface area contributed by atoms with Crippen LogP contribution in [0.4, 0.5) is 0 Å². The standard InChI is InChI=1S/C21H21NO5/c1-14(19(23)22(2)13-15-8-4-3-5-9-15)26-21(25)18-12-16-10-6-7-11-17(16)20(24)27-18/h3-11,14,18H,12-13H2,1-2H3/t14-,18+/m0/s1. The zero-order chi connectivity index (χ0) is 19.4. The van der Waals surface area contributed by atoms with Gasteiger partial charge in [-0.3, -0.25) is 4.79 Å². The molecule has 1 aliphatic heterocycles. The maximum Gasteiger partial charge on any atom is 0.348 e. The van der Waals surface area contributed by atoms with Gasteiger partial charge < -0.3 is 14.4 Å². The molecule has 3 rings (SSSR count). The van der Waals surface area contributed by atoms with Crippen LogP contribution in [0.2, 0.25) is 0 Å². The molecule has 1 heterocycles. The van der Waals surface area contributed by atoms with E-state index in [1.54, 1.807) is 31.3 Å². The number of carbonyl (C=O) groups is 3. The van der Waals surface area contributed by atoms with Crippen molar-refractivity contribution in [2.45, 2.75) is 32.1 Å². The van der Waals surface area contributed by atoms with E-state index in [2.05, 4.69) is 0 Å². The summed E-state index contributed by atoms with van der Waals surface area (Å²) in [6.07, 6.45) is -1.77. The van der Waals surface area contributed by atoms with E-state index >= 15 is 0 Å². The van der Waals surface area contributed by atoms with Crippen molar-refractivity contribution >= 4 is 17.8 Å². The van der Waals surface area contributed by atoms with Crippen LogP contribution in [-0.4, -0.2) is 42.0 Å². The van der Waals surface area contributed by atoms with Crippen molar-refractivity contribution in [1.29, 1.82) is 0 Å². The number of cyclic esters (lactones) is 1. The number of esters is 2. The molecule has 0 unspecified atom stereocenters. The van der Waals surface area contributed by atoms with Crippen LogP contribution in [0.5, 0.6) is 0 Å². The summed E-state index contributed by atoms with van der Waals surface area (Å²) in [6.45, 7) is 1.92. The molecule has 0 aromatic heterocycles. The molecule has 0 radical (unpaired) electrons. The quantitative estimate of drug-likeness (QED) is 0.759. The van der Waals surface area contributed by atoms with Crippen LogP contribution in [0.25, 0.3) is 0 Å². The summed E-state index contributed by atoms with van der Waals surface area (Å²) in [7, 11) is 1.65. The summed E-state index contributed by atoms with van der Waals surface area (Å²) in [4.78, 5) is 38.4. The summed E-state index contributed by atoms with van der Waals surface area (Å²) in [5.41, 5.74) is 2.16. The Morgan fingerprint density at radius 1 is 1.15 bits per heavy atom. The molecule has 2 aromatic rings. The lowest BCUT2D eigenvalue weighted by Gasteiger charge is -2.26. The second kappa shape index (κ2) is 8.03. The third-order valence-electron chi connectivity index (χ3n) is 4.43. The number of hydrogen-bond donors (Lipinski definition) is 0. The highest BCUT2D eigenvalue weighted by Crippen LogP contribution is 2.21. The van der Waals surface area contributed by atoms with E-state index in [4.69, 9.17) is 9.47 Å². The average Bonchev–Trinajstić information content (AvgIpc) is 2.68. The third-order valence-corrected chi connectivity index (χ3v) is 4.43. The topological polar surface area (TPSA) is 72.9 Å². The Morgan fingerprint density at radius 2 is 1.81 bits per heavy atom. The summed E-state index contributed by atoms with van der Waals surface area (Å²) in [5.74, 6) is -1.60. The van der Waals surface area contributed by atoms with Gasteiger partial charge in [0.2, 0.25) is 6.10 Å². The van der Waals surface area contributed by atoms with Gasteiger partial charge in [0.25, 0.3) is 5.91 Å². The fourth-order valence-electron chi connectivity index (χ4n) is 3.01. The number of benzene rings is 2. The monoisotopic (exact) mass is 367 g/mol. The summed E-state index contributed by atoms with van der Waals surface area (Å²) in [6, 6.07) is 16.5. The molecule has 0 saturated carbocycles. The van der Waals surface area contributed by atoms with Crippen LogP contribution in [-0.2, 0) is 32.0 Å². The van der Waals surface area contributed by atoms with Gasteiger partial charge in [-0.2, -0.15) is 0 Å². The van der Waals surface area contributed by atoms with E-state index in [0.717, 1.165) is 11.1 Å².